The largest absolute Gasteiger partial charge is 0.390 e. The van der Waals surface area contributed by atoms with Crippen LogP contribution in [0, 0.1) is 5.41 Å². The summed E-state index contributed by atoms with van der Waals surface area (Å²) in [6.07, 6.45) is 3.59. The summed E-state index contributed by atoms with van der Waals surface area (Å²) in [6.45, 7) is 8.12. The van der Waals surface area contributed by atoms with Crippen LogP contribution in [0.25, 0.3) is 0 Å². The lowest BCUT2D eigenvalue weighted by Crippen LogP contribution is -2.35. The second-order valence-corrected chi connectivity index (χ2v) is 4.66. The normalized spacial score (nSPS) is 16.6. The van der Waals surface area contributed by atoms with Crippen molar-refractivity contribution in [3.05, 3.63) is 12.7 Å². The van der Waals surface area contributed by atoms with Gasteiger partial charge < -0.3 is 5.11 Å². The van der Waals surface area contributed by atoms with Crippen molar-refractivity contribution in [2.75, 3.05) is 0 Å². The van der Waals surface area contributed by atoms with Gasteiger partial charge in [-0.15, -0.1) is 0 Å². The van der Waals surface area contributed by atoms with Crippen LogP contribution in [-0.2, 0) is 0 Å². The molecule has 2 atom stereocenters. The van der Waals surface area contributed by atoms with E-state index in [9.17, 15) is 5.11 Å². The monoisotopic (exact) mass is 197 g/mol. The Morgan fingerprint density at radius 1 is 1.43 bits per heavy atom. The highest BCUT2D eigenvalue weighted by molar-refractivity contribution is 4.83. The molecule has 1 heterocycles. The summed E-state index contributed by atoms with van der Waals surface area (Å²) >= 11 is 0. The van der Waals surface area contributed by atoms with Crippen LogP contribution in [0.3, 0.4) is 0 Å². The average Bonchev–Trinajstić information content (AvgIpc) is 2.57. The first-order chi connectivity index (χ1) is 6.46. The van der Waals surface area contributed by atoms with Crippen LogP contribution in [0.4, 0.5) is 0 Å². The second kappa shape index (κ2) is 4.09. The lowest BCUT2D eigenvalue weighted by Gasteiger charge is -2.32. The highest BCUT2D eigenvalue weighted by Crippen LogP contribution is 2.29. The van der Waals surface area contributed by atoms with Crippen LogP contribution in [0.15, 0.2) is 12.7 Å². The van der Waals surface area contributed by atoms with Crippen LogP contribution in [0.5, 0.6) is 0 Å². The Morgan fingerprint density at radius 2 is 2.07 bits per heavy atom. The van der Waals surface area contributed by atoms with Gasteiger partial charge in [0.2, 0.25) is 0 Å². The van der Waals surface area contributed by atoms with Crippen LogP contribution >= 0.6 is 0 Å². The Labute approximate surface area is 85.0 Å². The molecule has 0 saturated carbocycles. The number of rotatable bonds is 3. The van der Waals surface area contributed by atoms with Crippen molar-refractivity contribution in [3.63, 3.8) is 0 Å². The molecule has 0 aliphatic rings. The molecular weight excluding hydrogens is 178 g/mol. The molecule has 0 radical (unpaired) electrons. The van der Waals surface area contributed by atoms with Gasteiger partial charge in [0.25, 0.3) is 0 Å². The summed E-state index contributed by atoms with van der Waals surface area (Å²) < 4.78 is 1.73. The second-order valence-electron chi connectivity index (χ2n) is 4.66. The van der Waals surface area contributed by atoms with E-state index >= 15 is 0 Å². The van der Waals surface area contributed by atoms with Crippen LogP contribution in [0.1, 0.15) is 40.2 Å². The van der Waals surface area contributed by atoms with Gasteiger partial charge >= 0.3 is 0 Å². The van der Waals surface area contributed by atoms with Gasteiger partial charge in [-0.05, 0) is 11.8 Å². The van der Waals surface area contributed by atoms with Crippen LogP contribution < -0.4 is 0 Å². The number of hydrogen-bond acceptors (Lipinski definition) is 3. The van der Waals surface area contributed by atoms with Crippen molar-refractivity contribution in [2.24, 2.45) is 5.41 Å². The lowest BCUT2D eigenvalue weighted by atomic mass is 9.84. The van der Waals surface area contributed by atoms with E-state index in [1.165, 1.54) is 6.33 Å². The number of aliphatic hydroxyl groups is 1. The van der Waals surface area contributed by atoms with Crippen molar-refractivity contribution in [2.45, 2.75) is 46.3 Å². The molecule has 0 spiro atoms. The zero-order chi connectivity index (χ0) is 10.8. The maximum absolute atomic E-state index is 10.1. The Kier molecular flexibility index (Phi) is 3.26. The Morgan fingerprint density at radius 3 is 2.43 bits per heavy atom. The molecule has 0 aliphatic heterocycles. The average molecular weight is 197 g/mol. The third-order valence-corrected chi connectivity index (χ3v) is 2.45. The molecule has 0 fully saturated rings. The minimum absolute atomic E-state index is 0.0116. The first-order valence-electron chi connectivity index (χ1n) is 4.99. The topological polar surface area (TPSA) is 50.9 Å². The van der Waals surface area contributed by atoms with E-state index in [1.807, 2.05) is 27.7 Å². The van der Waals surface area contributed by atoms with Crippen LogP contribution in [0.2, 0.25) is 0 Å². The molecule has 1 N–H and O–H groups in total. The third-order valence-electron chi connectivity index (χ3n) is 2.45. The first-order valence-corrected chi connectivity index (χ1v) is 4.99. The minimum atomic E-state index is -0.408. The van der Waals surface area contributed by atoms with E-state index < -0.39 is 6.10 Å². The molecule has 2 unspecified atom stereocenters. The van der Waals surface area contributed by atoms with Gasteiger partial charge in [0.05, 0.1) is 12.1 Å². The van der Waals surface area contributed by atoms with Gasteiger partial charge in [-0.3, -0.25) is 0 Å². The molecule has 0 saturated heterocycles. The molecule has 14 heavy (non-hydrogen) atoms. The van der Waals surface area contributed by atoms with Gasteiger partial charge in [0, 0.05) is 0 Å². The standard InChI is InChI=1S/C10H19N3O/c1-5-8(9(14)10(2,3)4)13-7-11-6-12-13/h6-9,14H,5H2,1-4H3. The summed E-state index contributed by atoms with van der Waals surface area (Å²) in [4.78, 5) is 3.90. The first kappa shape index (κ1) is 11.2. The lowest BCUT2D eigenvalue weighted by molar-refractivity contribution is 0.0110. The molecule has 1 aromatic heterocycles. The number of aliphatic hydroxyl groups excluding tert-OH is 1. The molecule has 0 amide bonds. The fourth-order valence-electron chi connectivity index (χ4n) is 1.52. The fourth-order valence-corrected chi connectivity index (χ4v) is 1.52. The van der Waals surface area contributed by atoms with Crippen molar-refractivity contribution in [1.82, 2.24) is 14.8 Å². The van der Waals surface area contributed by atoms with E-state index in [0.717, 1.165) is 6.42 Å². The zero-order valence-corrected chi connectivity index (χ0v) is 9.31. The Hall–Kier alpha value is -0.900. The van der Waals surface area contributed by atoms with Crippen molar-refractivity contribution in [1.29, 1.82) is 0 Å². The summed E-state index contributed by atoms with van der Waals surface area (Å²) in [7, 11) is 0. The Bertz CT molecular complexity index is 263. The number of aromatic nitrogens is 3. The molecule has 0 aromatic carbocycles. The molecule has 0 bridgehead atoms. The van der Waals surface area contributed by atoms with E-state index in [1.54, 1.807) is 11.0 Å². The molecule has 4 heteroatoms. The quantitative estimate of drug-likeness (QED) is 0.801. The van der Waals surface area contributed by atoms with Crippen molar-refractivity contribution >= 4 is 0 Å². The van der Waals surface area contributed by atoms with E-state index in [2.05, 4.69) is 10.1 Å². The van der Waals surface area contributed by atoms with E-state index in [-0.39, 0.29) is 11.5 Å². The SMILES string of the molecule is CCC(C(O)C(C)(C)C)n1cncn1. The van der Waals surface area contributed by atoms with E-state index in [0.29, 0.717) is 0 Å². The van der Waals surface area contributed by atoms with Gasteiger partial charge in [0.1, 0.15) is 12.7 Å². The molecule has 1 aromatic rings. The highest BCUT2D eigenvalue weighted by Gasteiger charge is 2.30. The number of hydrogen-bond donors (Lipinski definition) is 1. The maximum Gasteiger partial charge on any atom is 0.137 e. The maximum atomic E-state index is 10.1. The molecule has 4 nitrogen and oxygen atoms in total. The molecule has 1 rings (SSSR count). The summed E-state index contributed by atoms with van der Waals surface area (Å²) in [5.41, 5.74) is -0.132. The number of nitrogens with zero attached hydrogens (tertiary/aromatic N) is 3. The molecule has 0 aliphatic carbocycles. The third kappa shape index (κ3) is 2.32. The van der Waals surface area contributed by atoms with Crippen molar-refractivity contribution in [3.8, 4) is 0 Å². The molecular formula is C10H19N3O. The zero-order valence-electron chi connectivity index (χ0n) is 9.31. The summed E-state index contributed by atoms with van der Waals surface area (Å²) in [6, 6.07) is 0.0116. The van der Waals surface area contributed by atoms with Gasteiger partial charge in [0.15, 0.2) is 0 Å². The summed E-state index contributed by atoms with van der Waals surface area (Å²) in [5, 5.41) is 14.2. The van der Waals surface area contributed by atoms with Gasteiger partial charge in [-0.25, -0.2) is 9.67 Å². The Balaban J connectivity index is 2.83. The van der Waals surface area contributed by atoms with Crippen LogP contribution in [-0.4, -0.2) is 26.0 Å². The van der Waals surface area contributed by atoms with Gasteiger partial charge in [-0.2, -0.15) is 5.10 Å². The fraction of sp³-hybridized carbons (Fsp3) is 0.800. The highest BCUT2D eigenvalue weighted by atomic mass is 16.3. The predicted octanol–water partition coefficient (Wildman–Crippen LogP) is 1.64. The van der Waals surface area contributed by atoms with Crippen molar-refractivity contribution < 1.29 is 5.11 Å². The molecule has 80 valence electrons. The minimum Gasteiger partial charge on any atom is -0.390 e. The van der Waals surface area contributed by atoms with Gasteiger partial charge in [-0.1, -0.05) is 27.7 Å². The summed E-state index contributed by atoms with van der Waals surface area (Å²) in [5.74, 6) is 0. The van der Waals surface area contributed by atoms with E-state index in [4.69, 9.17) is 0 Å². The predicted molar refractivity (Wildman–Crippen MR) is 54.8 cm³/mol. The smallest absolute Gasteiger partial charge is 0.137 e.